The second kappa shape index (κ2) is 40.1. The fourth-order valence-electron chi connectivity index (χ4n) is 26.0. The third-order valence-corrected chi connectivity index (χ3v) is 31.7. The second-order valence-corrected chi connectivity index (χ2v) is 39.4. The van der Waals surface area contributed by atoms with Gasteiger partial charge in [0.2, 0.25) is 0 Å². The Bertz CT molecular complexity index is 7340. The molecule has 0 radical (unpaired) electrons. The number of benzene rings is 14. The second-order valence-electron chi connectivity index (χ2n) is 39.4. The minimum atomic E-state index is -2.15. The summed E-state index contributed by atoms with van der Waals surface area (Å²) in [7, 11) is 0. The minimum absolute atomic E-state index is 0. The minimum Gasteiger partial charge on any atom is -0.322 e. The van der Waals surface area contributed by atoms with Crippen LogP contribution >= 0.6 is 0 Å². The third kappa shape index (κ3) is 15.6. The van der Waals surface area contributed by atoms with E-state index in [1.807, 2.05) is 103 Å². The molecule has 11 aliphatic rings. The summed E-state index contributed by atoms with van der Waals surface area (Å²) >= 11 is 0. The molecule has 142 heavy (non-hydrogen) atoms. The van der Waals surface area contributed by atoms with Crippen LogP contribution in [0, 0.1) is 40.5 Å². The summed E-state index contributed by atoms with van der Waals surface area (Å²) in [6.07, 6.45) is 5.26. The number of hydrogen-bond acceptors (Lipinski definition) is 10. The van der Waals surface area contributed by atoms with Gasteiger partial charge in [0.05, 0.1) is 33.8 Å². The molecule has 8 unspecified atom stereocenters. The van der Waals surface area contributed by atoms with Gasteiger partial charge in [0, 0.05) is 115 Å². The lowest BCUT2D eigenvalue weighted by atomic mass is 9.64. The monoisotopic (exact) mass is 1880 g/mol. The number of nitrogens with zero attached hydrogens (tertiary/aromatic N) is 10. The van der Waals surface area contributed by atoms with Crippen molar-refractivity contribution >= 4 is 56.9 Å². The first kappa shape index (κ1) is 94.0. The summed E-state index contributed by atoms with van der Waals surface area (Å²) in [5, 5.41) is 0. The highest BCUT2D eigenvalue weighted by molar-refractivity contribution is 5.88. The van der Waals surface area contributed by atoms with E-state index in [4.69, 9.17) is 5.48 Å². The highest BCUT2D eigenvalue weighted by Crippen LogP contribution is 2.66. The molecule has 1 saturated carbocycles. The van der Waals surface area contributed by atoms with Crippen molar-refractivity contribution in [2.45, 2.75) is 246 Å². The van der Waals surface area contributed by atoms with Gasteiger partial charge in [-0.2, -0.15) is 0 Å². The van der Waals surface area contributed by atoms with Gasteiger partial charge >= 0.3 is 0 Å². The molecule has 0 N–H and O–H groups in total. The van der Waals surface area contributed by atoms with Gasteiger partial charge in [-0.25, -0.2) is 0 Å². The number of para-hydroxylation sites is 10. The van der Waals surface area contributed by atoms with Crippen molar-refractivity contribution in [1.82, 2.24) is 0 Å². The summed E-state index contributed by atoms with van der Waals surface area (Å²) in [6.45, 7) is 35.2. The van der Waals surface area contributed by atoms with Crippen molar-refractivity contribution in [1.29, 1.82) is 0 Å². The van der Waals surface area contributed by atoms with E-state index >= 15 is 0 Å². The Labute approximate surface area is 858 Å². The van der Waals surface area contributed by atoms with E-state index in [1.165, 1.54) is 150 Å². The van der Waals surface area contributed by atoms with Crippen molar-refractivity contribution in [3.63, 3.8) is 0 Å². The van der Waals surface area contributed by atoms with Crippen molar-refractivity contribution in [2.24, 2.45) is 5.92 Å². The van der Waals surface area contributed by atoms with Crippen LogP contribution in [0.25, 0.3) is 0 Å². The van der Waals surface area contributed by atoms with E-state index in [-0.39, 0.29) is 78.0 Å². The van der Waals surface area contributed by atoms with Gasteiger partial charge in [0.1, 0.15) is 30.8 Å². The molecule has 1 aliphatic carbocycles. The van der Waals surface area contributed by atoms with Gasteiger partial charge in [-0.1, -0.05) is 374 Å². The molecule has 25 rings (SSSR count). The number of anilines is 10. The summed E-state index contributed by atoms with van der Waals surface area (Å²) in [5.74, 6) is -0.981. The zero-order valence-electron chi connectivity index (χ0n) is 87.4. The van der Waals surface area contributed by atoms with E-state index in [1.54, 1.807) is 0 Å². The Morgan fingerprint density at radius 3 is 0.979 bits per heavy atom. The van der Waals surface area contributed by atoms with Crippen LogP contribution in [-0.2, 0) is 16.2 Å². The first-order valence-corrected chi connectivity index (χ1v) is 49.4. The molecule has 14 aromatic rings. The van der Waals surface area contributed by atoms with Crippen LogP contribution in [0.1, 0.15) is 249 Å². The van der Waals surface area contributed by atoms with Gasteiger partial charge in [-0.15, -0.1) is 0 Å². The van der Waals surface area contributed by atoms with Gasteiger partial charge in [0.15, 0.2) is 0 Å². The summed E-state index contributed by atoms with van der Waals surface area (Å²) in [6, 6.07) is 129. The zero-order chi connectivity index (χ0) is 99.1. The maximum absolute atomic E-state index is 9.73. The molecule has 0 saturated heterocycles. The maximum atomic E-state index is 9.73. The predicted molar refractivity (Wildman–Crippen MR) is 609 cm³/mol. The summed E-state index contributed by atoms with van der Waals surface area (Å²) < 4.78 is 43.7. The molecule has 10 aliphatic heterocycles. The van der Waals surface area contributed by atoms with Crippen LogP contribution in [0.15, 0.2) is 421 Å². The van der Waals surface area contributed by atoms with Crippen molar-refractivity contribution in [2.75, 3.05) is 49.0 Å². The molecule has 0 spiro atoms. The predicted octanol–water partition coefficient (Wildman–Crippen LogP) is 34.1. The smallest absolute Gasteiger partial charge is 0.108 e. The molecule has 8 atom stereocenters. The average Bonchev–Trinajstić information content (AvgIpc) is 1.52. The van der Waals surface area contributed by atoms with Gasteiger partial charge in [0.25, 0.3) is 0 Å². The van der Waals surface area contributed by atoms with Crippen LogP contribution in [0.3, 0.4) is 0 Å². The fraction of sp³-hybridized carbons (Fsp3) is 0.288. The average molecular weight is 1880 g/mol. The Morgan fingerprint density at radius 2 is 0.542 bits per heavy atom. The number of hydrogen-bond donors (Lipinski definition) is 0. The first-order valence-electron chi connectivity index (χ1n) is 51.9. The topological polar surface area (TPSA) is 32.4 Å². The normalized spacial score (nSPS) is 22.6. The standard InChI is InChI=1S/C31H28N2.C30H32N2.C25H24N2.C21H24N2.C20H22N2.5CH4/c1-22-14-10-12-20-28(22)32-23(2)30-31(25-15-6-4-7-16-25,26-17-8-5-9-18-26)27-19-11-13-21-29(27)33(30)24(32)3;1-21-13-7-11-19-27(21)31-22(2)29-30(25-16-8-9-17-25,24-14-5-4-6-15-24)26-18-10-12-20-28(26)32(29)23(31)3;1-17-11-7-9-15-22(17)26-18(2)25-24(20-12-5-4-6-13-20)21-14-8-10-16-23(21)27(25)19(26)3;1-14-10-6-8-12-18(14)22-15(2)20-21(4,5)17-11-7-9-13-19(17)23(20)16(22)3;1-13-9-5-7-11-18(13)21-15(3)20-14(2)17-10-6-8-12-19(17)22(20)16(21)4;;;;;/h4-21,24H,1-3H3;4-7,10-15,18-20,23,25H,8-9,16-17H2,1-3H3;4-16,19,24H,1-3H3;6-13,16H,1-5H3;5-12,14,16H,1-4H3;5*1H4/i;;24D;3D3;14D;;;;;. The van der Waals surface area contributed by atoms with E-state index < -0.39 is 24.8 Å². The van der Waals surface area contributed by atoms with E-state index in [9.17, 15) is 1.37 Å². The molecule has 0 aromatic heterocycles. The lowest BCUT2D eigenvalue weighted by Gasteiger charge is -2.39. The van der Waals surface area contributed by atoms with Crippen LogP contribution in [-0.4, -0.2) is 30.8 Å². The highest BCUT2D eigenvalue weighted by Gasteiger charge is 2.61. The molecular weight excluding hydrogens is 1730 g/mol. The molecular formula is C132H150N10. The Hall–Kier alpha value is -14.2. The molecule has 10 heterocycles. The lowest BCUT2D eigenvalue weighted by molar-refractivity contribution is 0.380. The van der Waals surface area contributed by atoms with Crippen LogP contribution in [0.5, 0.6) is 0 Å². The van der Waals surface area contributed by atoms with Crippen molar-refractivity contribution in [3.05, 3.63) is 499 Å². The number of aryl methyl sites for hydroxylation is 5. The first-order chi connectivity index (χ1) is 68.4. The Balaban J connectivity index is 0.000000131. The zero-order valence-corrected chi connectivity index (χ0v) is 82.4. The number of allylic oxidation sites excluding steroid dienone is 10. The number of fused-ring (bicyclic) bond motifs is 15. The molecule has 1 fully saturated rings. The van der Waals surface area contributed by atoms with Gasteiger partial charge in [-0.05, 0) is 261 Å². The van der Waals surface area contributed by atoms with Crippen molar-refractivity contribution < 1.29 is 6.85 Å². The maximum Gasteiger partial charge on any atom is 0.108 e. The molecule has 728 valence electrons. The van der Waals surface area contributed by atoms with E-state index in [0.717, 1.165) is 67.8 Å². The van der Waals surface area contributed by atoms with E-state index in [2.05, 4.69) is 427 Å². The molecule has 0 amide bonds. The molecule has 10 heteroatoms. The highest BCUT2D eigenvalue weighted by atomic mass is 15.5. The largest absolute Gasteiger partial charge is 0.322 e. The SMILES string of the molecule is C.C.C.C.C.CC1=C2N(c3ccccc3C2(c2ccccc2)C2CCCC2)C(C)N1c1ccccc1C.CC1=C2N(c3ccccc3C2(c2ccccc2)c2ccccc2)C(C)N1c1ccccc1C.[2H]C([2H])([2H])C1N(c2ccccc2C)C(C)=C2N1c1ccccc1C2(C)C.[2H]C1(C)C2=C(C)N(c3ccccc3C)C(C)N2c2ccccc21.[2H]C1(c2ccccc2)C2=C(C)N(c3ccccc3C)C(C)N2c2ccccc21. The van der Waals surface area contributed by atoms with Crippen LogP contribution in [0.2, 0.25) is 0 Å². The van der Waals surface area contributed by atoms with Crippen LogP contribution in [0.4, 0.5) is 56.9 Å². The van der Waals surface area contributed by atoms with Gasteiger partial charge < -0.3 is 49.0 Å². The quantitative estimate of drug-likeness (QED) is 0.132. The fourth-order valence-corrected chi connectivity index (χ4v) is 26.0. The number of rotatable bonds is 10. The summed E-state index contributed by atoms with van der Waals surface area (Å²) in [5.41, 5.74) is 41.0. The molecule has 0 bridgehead atoms. The molecule has 14 aromatic carbocycles. The Morgan fingerprint density at radius 1 is 0.254 bits per heavy atom. The molecule has 10 nitrogen and oxygen atoms in total. The Kier molecular flexibility index (Phi) is 26.5. The van der Waals surface area contributed by atoms with Crippen molar-refractivity contribution in [3.8, 4) is 0 Å². The summed E-state index contributed by atoms with van der Waals surface area (Å²) in [4.78, 5) is 23.8. The van der Waals surface area contributed by atoms with Gasteiger partial charge in [-0.3, -0.25) is 0 Å². The van der Waals surface area contributed by atoms with Crippen LogP contribution < -0.4 is 49.0 Å². The lowest BCUT2D eigenvalue weighted by Crippen LogP contribution is -2.40. The van der Waals surface area contributed by atoms with E-state index in [0.29, 0.717) is 5.92 Å². The third-order valence-electron chi connectivity index (χ3n) is 31.7.